The van der Waals surface area contributed by atoms with Gasteiger partial charge in [0, 0.05) is 6.04 Å². The van der Waals surface area contributed by atoms with Gasteiger partial charge < -0.3 is 14.9 Å². The number of fused-ring (bicyclic) bond motifs is 1. The highest BCUT2D eigenvalue weighted by Crippen LogP contribution is 2.50. The van der Waals surface area contributed by atoms with Crippen LogP contribution in [0.2, 0.25) is 0 Å². The van der Waals surface area contributed by atoms with E-state index in [1.807, 2.05) is 32.0 Å². The molecule has 0 saturated carbocycles. The molecule has 4 atom stereocenters. The Labute approximate surface area is 202 Å². The lowest BCUT2D eigenvalue weighted by molar-refractivity contribution is -0.150. The molecule has 0 radical (unpaired) electrons. The molecule has 2 saturated heterocycles. The van der Waals surface area contributed by atoms with Crippen molar-refractivity contribution in [3.05, 3.63) is 64.7 Å². The minimum atomic E-state index is -2.04. The Kier molecular flexibility index (Phi) is 6.48. The predicted octanol–water partition coefficient (Wildman–Crippen LogP) is 1.86. The Balaban J connectivity index is 1.86. The average molecular weight is 481 g/mol. The van der Waals surface area contributed by atoms with E-state index in [0.29, 0.717) is 24.1 Å². The number of carbonyl (C=O) groups excluding carboxylic acids is 3. The number of aliphatic carboxylic acids is 1. The fourth-order valence-corrected chi connectivity index (χ4v) is 5.37. The molecule has 2 fully saturated rings. The number of aliphatic hydroxyl groups excluding tert-OH is 1. The van der Waals surface area contributed by atoms with Crippen LogP contribution in [0.25, 0.3) is 0 Å². The molecule has 2 amide bonds. The van der Waals surface area contributed by atoms with Crippen LogP contribution >= 0.6 is 0 Å². The molecule has 35 heavy (non-hydrogen) atoms. The zero-order chi connectivity index (χ0) is 25.5. The summed E-state index contributed by atoms with van der Waals surface area (Å²) in [6.07, 6.45) is 1.16. The summed E-state index contributed by atoms with van der Waals surface area (Å²) in [5, 5.41) is 23.2. The number of nitrogens with one attached hydrogen (secondary N) is 1. The Bertz CT molecular complexity index is 1170. The van der Waals surface area contributed by atoms with E-state index in [-0.39, 0.29) is 5.56 Å². The van der Waals surface area contributed by atoms with Crippen molar-refractivity contribution < 1.29 is 34.1 Å². The van der Waals surface area contributed by atoms with Crippen molar-refractivity contribution in [2.24, 2.45) is 11.8 Å². The van der Waals surface area contributed by atoms with E-state index in [1.165, 1.54) is 19.2 Å². The summed E-state index contributed by atoms with van der Waals surface area (Å²) in [4.78, 5) is 53.1. The highest BCUT2D eigenvalue weighted by atomic mass is 16.5. The van der Waals surface area contributed by atoms with E-state index in [4.69, 9.17) is 4.74 Å². The molecular formula is C26H28N2O7. The topological polar surface area (TPSA) is 133 Å². The maximum atomic E-state index is 13.9. The number of ether oxygens (including phenoxy) is 1. The molecule has 184 valence electrons. The van der Waals surface area contributed by atoms with Crippen LogP contribution in [0.1, 0.15) is 46.9 Å². The lowest BCUT2D eigenvalue weighted by Gasteiger charge is -2.30. The van der Waals surface area contributed by atoms with Crippen LogP contribution in [0, 0.1) is 11.8 Å². The number of hydrogen-bond donors (Lipinski definition) is 3. The van der Waals surface area contributed by atoms with E-state index in [2.05, 4.69) is 5.32 Å². The van der Waals surface area contributed by atoms with E-state index in [0.717, 1.165) is 16.0 Å². The van der Waals surface area contributed by atoms with Crippen molar-refractivity contribution in [1.82, 2.24) is 5.32 Å². The zero-order valence-corrected chi connectivity index (χ0v) is 19.8. The number of para-hydroxylation sites is 1. The molecule has 0 aromatic heterocycles. The standard InChI is InChI=1S/C26H28N2O7/c1-4-14-7-6-8-15(5-2)21(14)28-22(30)18-19(23(28)31)26(13-29,25(33)34)27-20(18)16-9-11-17(12-10-16)24(32)35-3/h6-12,18-20,27,29H,4-5,13H2,1-3H3,(H,33,34). The minimum Gasteiger partial charge on any atom is -0.480 e. The number of aryl methyl sites for hydroxylation is 2. The van der Waals surface area contributed by atoms with E-state index < -0.39 is 53.8 Å². The number of carboxylic acid groups (broad SMARTS) is 1. The number of nitrogens with zero attached hydrogens (tertiary/aromatic N) is 1. The highest BCUT2D eigenvalue weighted by molar-refractivity contribution is 6.25. The number of amides is 2. The highest BCUT2D eigenvalue weighted by Gasteiger charge is 2.69. The molecule has 0 spiro atoms. The Hall–Kier alpha value is -3.56. The second kappa shape index (κ2) is 9.24. The number of imide groups is 1. The van der Waals surface area contributed by atoms with Crippen molar-refractivity contribution in [3.63, 3.8) is 0 Å². The zero-order valence-electron chi connectivity index (χ0n) is 19.8. The number of carbonyl (C=O) groups is 4. The van der Waals surface area contributed by atoms with Gasteiger partial charge in [-0.1, -0.05) is 44.2 Å². The number of rotatable bonds is 7. The third kappa shape index (κ3) is 3.62. The van der Waals surface area contributed by atoms with Gasteiger partial charge in [-0.2, -0.15) is 0 Å². The number of anilines is 1. The number of esters is 1. The number of methoxy groups -OCH3 is 1. The summed E-state index contributed by atoms with van der Waals surface area (Å²) in [5.41, 5.74) is 0.888. The van der Waals surface area contributed by atoms with Gasteiger partial charge in [-0.3, -0.25) is 19.7 Å². The third-order valence-corrected chi connectivity index (χ3v) is 7.16. The van der Waals surface area contributed by atoms with Crippen molar-refractivity contribution >= 4 is 29.4 Å². The summed E-state index contributed by atoms with van der Waals surface area (Å²) in [5.74, 6) is -5.46. The van der Waals surface area contributed by atoms with Crippen LogP contribution in [0.15, 0.2) is 42.5 Å². The molecule has 0 aliphatic carbocycles. The first-order chi connectivity index (χ1) is 16.7. The largest absolute Gasteiger partial charge is 0.480 e. The fourth-order valence-electron chi connectivity index (χ4n) is 5.37. The molecule has 3 N–H and O–H groups in total. The summed E-state index contributed by atoms with van der Waals surface area (Å²) in [6.45, 7) is 2.97. The van der Waals surface area contributed by atoms with Gasteiger partial charge in [-0.05, 0) is 41.7 Å². The fraction of sp³-hybridized carbons (Fsp3) is 0.385. The summed E-state index contributed by atoms with van der Waals surface area (Å²) < 4.78 is 4.72. The maximum Gasteiger partial charge on any atom is 0.337 e. The number of carboxylic acids is 1. The molecule has 2 aliphatic heterocycles. The number of aliphatic hydroxyl groups is 1. The van der Waals surface area contributed by atoms with E-state index in [9.17, 15) is 29.4 Å². The molecular weight excluding hydrogens is 452 g/mol. The van der Waals surface area contributed by atoms with Crippen molar-refractivity contribution in [3.8, 4) is 0 Å². The lowest BCUT2D eigenvalue weighted by atomic mass is 9.79. The Morgan fingerprint density at radius 3 is 2.11 bits per heavy atom. The van der Waals surface area contributed by atoms with Gasteiger partial charge in [-0.25, -0.2) is 9.69 Å². The predicted molar refractivity (Wildman–Crippen MR) is 126 cm³/mol. The molecule has 0 bridgehead atoms. The second-order valence-corrected chi connectivity index (χ2v) is 8.82. The van der Waals surface area contributed by atoms with Crippen LogP contribution in [0.3, 0.4) is 0 Å². The molecule has 2 aliphatic rings. The Morgan fingerprint density at radius 1 is 1.03 bits per heavy atom. The second-order valence-electron chi connectivity index (χ2n) is 8.82. The van der Waals surface area contributed by atoms with Crippen molar-refractivity contribution in [2.45, 2.75) is 38.3 Å². The minimum absolute atomic E-state index is 0.289. The SMILES string of the molecule is CCc1cccc(CC)c1N1C(=O)C2C(c3ccc(C(=O)OC)cc3)NC(CO)(C(=O)O)C2C1=O. The average Bonchev–Trinajstić information content (AvgIpc) is 3.37. The number of hydrogen-bond acceptors (Lipinski definition) is 7. The van der Waals surface area contributed by atoms with Gasteiger partial charge in [0.2, 0.25) is 11.8 Å². The van der Waals surface area contributed by atoms with Crippen LogP contribution in [0.5, 0.6) is 0 Å². The molecule has 9 nitrogen and oxygen atoms in total. The van der Waals surface area contributed by atoms with Gasteiger partial charge in [-0.15, -0.1) is 0 Å². The third-order valence-electron chi connectivity index (χ3n) is 7.16. The van der Waals surface area contributed by atoms with Gasteiger partial charge >= 0.3 is 11.9 Å². The maximum absolute atomic E-state index is 13.9. The van der Waals surface area contributed by atoms with Gasteiger partial charge in [0.25, 0.3) is 0 Å². The number of benzene rings is 2. The summed E-state index contributed by atoms with van der Waals surface area (Å²) in [7, 11) is 1.26. The quantitative estimate of drug-likeness (QED) is 0.404. The van der Waals surface area contributed by atoms with Gasteiger partial charge in [0.15, 0.2) is 5.54 Å². The summed E-state index contributed by atoms with van der Waals surface area (Å²) in [6, 6.07) is 10.9. The molecule has 2 aromatic rings. The molecule has 4 unspecified atom stereocenters. The molecule has 4 rings (SSSR count). The monoisotopic (exact) mass is 480 g/mol. The van der Waals surface area contributed by atoms with E-state index >= 15 is 0 Å². The van der Waals surface area contributed by atoms with E-state index in [1.54, 1.807) is 12.1 Å². The molecule has 2 heterocycles. The van der Waals surface area contributed by atoms with Crippen molar-refractivity contribution in [2.75, 3.05) is 18.6 Å². The van der Waals surface area contributed by atoms with Crippen LogP contribution in [0.4, 0.5) is 5.69 Å². The van der Waals surface area contributed by atoms with Crippen LogP contribution < -0.4 is 10.2 Å². The molecule has 9 heteroatoms. The smallest absolute Gasteiger partial charge is 0.337 e. The summed E-state index contributed by atoms with van der Waals surface area (Å²) >= 11 is 0. The van der Waals surface area contributed by atoms with Gasteiger partial charge in [0.1, 0.15) is 0 Å². The first-order valence-corrected chi connectivity index (χ1v) is 11.5. The van der Waals surface area contributed by atoms with Crippen LogP contribution in [-0.2, 0) is 32.0 Å². The first-order valence-electron chi connectivity index (χ1n) is 11.5. The van der Waals surface area contributed by atoms with Gasteiger partial charge in [0.05, 0.1) is 36.8 Å². The molecule has 2 aromatic carbocycles. The normalized spacial score (nSPS) is 25.6. The van der Waals surface area contributed by atoms with Crippen molar-refractivity contribution in [1.29, 1.82) is 0 Å². The lowest BCUT2D eigenvalue weighted by Crippen LogP contribution is -2.58. The first kappa shape index (κ1) is 24.6. The Morgan fingerprint density at radius 2 is 1.63 bits per heavy atom. The van der Waals surface area contributed by atoms with Crippen LogP contribution in [-0.4, -0.2) is 53.2 Å².